The summed E-state index contributed by atoms with van der Waals surface area (Å²) in [5.41, 5.74) is 2.75. The fourth-order valence-electron chi connectivity index (χ4n) is 2.80. The Morgan fingerprint density at radius 1 is 1.48 bits per heavy atom. The van der Waals surface area contributed by atoms with Gasteiger partial charge in [-0.1, -0.05) is 23.3 Å². The molecule has 3 nitrogen and oxygen atoms in total. The highest BCUT2D eigenvalue weighted by Crippen LogP contribution is 2.34. The molecule has 1 fully saturated rings. The maximum atomic E-state index is 11.8. The van der Waals surface area contributed by atoms with Gasteiger partial charge in [-0.25, -0.2) is 0 Å². The monoisotopic (exact) mass is 287 g/mol. The number of allylic oxidation sites excluding steroid dienone is 4. The molecule has 0 aliphatic heterocycles. The molecule has 2 atom stereocenters. The molecule has 0 amide bonds. The zero-order valence-corrected chi connectivity index (χ0v) is 13.1. The second kappa shape index (κ2) is 7.45. The van der Waals surface area contributed by atoms with Crippen molar-refractivity contribution in [3.8, 4) is 6.07 Å². The summed E-state index contributed by atoms with van der Waals surface area (Å²) in [5.74, 6) is 0.0729. The fraction of sp³-hybridized carbons (Fsp3) is 0.667. The first-order valence-electron chi connectivity index (χ1n) is 8.01. The summed E-state index contributed by atoms with van der Waals surface area (Å²) >= 11 is 0. The summed E-state index contributed by atoms with van der Waals surface area (Å²) in [6.07, 6.45) is 10.8. The molecule has 2 aliphatic rings. The van der Waals surface area contributed by atoms with Crippen molar-refractivity contribution in [2.75, 3.05) is 0 Å². The van der Waals surface area contributed by atoms with E-state index in [1.807, 2.05) is 0 Å². The van der Waals surface area contributed by atoms with Crippen molar-refractivity contribution in [3.63, 3.8) is 0 Å². The SMILES string of the molecule is CC(C)=CCCC1=CCCC(C(C#N)OC(=O)C2CC2)C1. The van der Waals surface area contributed by atoms with Gasteiger partial charge in [-0.2, -0.15) is 5.26 Å². The van der Waals surface area contributed by atoms with Gasteiger partial charge in [-0.3, -0.25) is 4.79 Å². The molecule has 0 saturated heterocycles. The molecular weight excluding hydrogens is 262 g/mol. The number of carbonyl (C=O) groups excluding carboxylic acids is 1. The number of hydrogen-bond acceptors (Lipinski definition) is 3. The summed E-state index contributed by atoms with van der Waals surface area (Å²) in [5, 5.41) is 9.31. The van der Waals surface area contributed by atoms with E-state index in [1.165, 1.54) is 11.1 Å². The molecule has 0 spiro atoms. The van der Waals surface area contributed by atoms with Gasteiger partial charge < -0.3 is 4.74 Å². The van der Waals surface area contributed by atoms with Gasteiger partial charge in [0.2, 0.25) is 0 Å². The van der Waals surface area contributed by atoms with Gasteiger partial charge in [0.1, 0.15) is 6.07 Å². The summed E-state index contributed by atoms with van der Waals surface area (Å²) in [7, 11) is 0. The van der Waals surface area contributed by atoms with Gasteiger partial charge in [-0.15, -0.1) is 0 Å². The van der Waals surface area contributed by atoms with Gasteiger partial charge >= 0.3 is 5.97 Å². The first-order chi connectivity index (χ1) is 10.1. The highest BCUT2D eigenvalue weighted by atomic mass is 16.5. The lowest BCUT2D eigenvalue weighted by molar-refractivity contribution is -0.150. The molecule has 0 radical (unpaired) electrons. The van der Waals surface area contributed by atoms with Crippen LogP contribution in [0.4, 0.5) is 0 Å². The molecule has 2 rings (SSSR count). The van der Waals surface area contributed by atoms with Crippen LogP contribution in [-0.4, -0.2) is 12.1 Å². The topological polar surface area (TPSA) is 50.1 Å². The first-order valence-corrected chi connectivity index (χ1v) is 8.01. The molecule has 1 saturated carbocycles. The Bertz CT molecular complexity index is 476. The molecule has 0 aromatic carbocycles. The normalized spacial score (nSPS) is 22.7. The van der Waals surface area contributed by atoms with Crippen molar-refractivity contribution >= 4 is 5.97 Å². The fourth-order valence-corrected chi connectivity index (χ4v) is 2.80. The first kappa shape index (κ1) is 15.8. The highest BCUT2D eigenvalue weighted by Gasteiger charge is 2.35. The Morgan fingerprint density at radius 3 is 2.86 bits per heavy atom. The zero-order chi connectivity index (χ0) is 15.2. The van der Waals surface area contributed by atoms with Crippen LogP contribution in [0.2, 0.25) is 0 Å². The molecule has 0 bridgehead atoms. The molecule has 2 unspecified atom stereocenters. The average molecular weight is 287 g/mol. The predicted molar refractivity (Wildman–Crippen MR) is 82.3 cm³/mol. The van der Waals surface area contributed by atoms with Crippen LogP contribution in [0.25, 0.3) is 0 Å². The van der Waals surface area contributed by atoms with E-state index < -0.39 is 6.10 Å². The van der Waals surface area contributed by atoms with Crippen molar-refractivity contribution in [2.45, 2.75) is 64.9 Å². The second-order valence-corrected chi connectivity index (χ2v) is 6.48. The second-order valence-electron chi connectivity index (χ2n) is 6.48. The van der Waals surface area contributed by atoms with Crippen LogP contribution in [0.1, 0.15) is 58.8 Å². The highest BCUT2D eigenvalue weighted by molar-refractivity contribution is 5.75. The molecule has 0 heterocycles. The summed E-state index contributed by atoms with van der Waals surface area (Å²) in [4.78, 5) is 11.8. The number of rotatable bonds is 6. The van der Waals surface area contributed by atoms with Gasteiger partial charge in [0, 0.05) is 5.92 Å². The molecular formula is C18H25NO2. The lowest BCUT2D eigenvalue weighted by Gasteiger charge is -2.26. The van der Waals surface area contributed by atoms with E-state index in [0.717, 1.165) is 44.9 Å². The van der Waals surface area contributed by atoms with Crippen LogP contribution >= 0.6 is 0 Å². The van der Waals surface area contributed by atoms with Crippen molar-refractivity contribution in [2.24, 2.45) is 11.8 Å². The van der Waals surface area contributed by atoms with Crippen LogP contribution in [0, 0.1) is 23.2 Å². The Hall–Kier alpha value is -1.56. The molecule has 0 N–H and O–H groups in total. The Kier molecular flexibility index (Phi) is 5.61. The largest absolute Gasteiger partial charge is 0.446 e. The van der Waals surface area contributed by atoms with Crippen LogP contribution < -0.4 is 0 Å². The number of nitriles is 1. The van der Waals surface area contributed by atoms with Crippen LogP contribution in [-0.2, 0) is 9.53 Å². The third kappa shape index (κ3) is 5.04. The van der Waals surface area contributed by atoms with Crippen LogP contribution in [0.15, 0.2) is 23.3 Å². The van der Waals surface area contributed by atoms with E-state index in [4.69, 9.17) is 4.74 Å². The van der Waals surface area contributed by atoms with Gasteiger partial charge in [-0.05, 0) is 58.8 Å². The van der Waals surface area contributed by atoms with E-state index in [0.29, 0.717) is 0 Å². The lowest BCUT2D eigenvalue weighted by Crippen LogP contribution is -2.28. The molecule has 0 aromatic heterocycles. The lowest BCUT2D eigenvalue weighted by atomic mass is 9.83. The number of carbonyl (C=O) groups is 1. The van der Waals surface area contributed by atoms with E-state index in [1.54, 1.807) is 0 Å². The van der Waals surface area contributed by atoms with Crippen LogP contribution in [0.3, 0.4) is 0 Å². The van der Waals surface area contributed by atoms with Crippen molar-refractivity contribution < 1.29 is 9.53 Å². The third-order valence-corrected chi connectivity index (χ3v) is 4.22. The van der Waals surface area contributed by atoms with Crippen LogP contribution in [0.5, 0.6) is 0 Å². The van der Waals surface area contributed by atoms with Gasteiger partial charge in [0.15, 0.2) is 6.10 Å². The van der Waals surface area contributed by atoms with Gasteiger partial charge in [0.25, 0.3) is 0 Å². The van der Waals surface area contributed by atoms with Crippen molar-refractivity contribution in [3.05, 3.63) is 23.3 Å². The summed E-state index contributed by atoms with van der Waals surface area (Å²) in [6.45, 7) is 4.22. The Labute approximate surface area is 127 Å². The minimum Gasteiger partial charge on any atom is -0.446 e. The number of esters is 1. The standard InChI is InChI=1S/C18H25NO2/c1-13(2)5-3-6-14-7-4-8-16(11-14)17(12-19)21-18(20)15-9-10-15/h5,7,15-17H,3-4,6,8-11H2,1-2H3. The maximum absolute atomic E-state index is 11.8. The minimum atomic E-state index is -0.565. The minimum absolute atomic E-state index is 0.0668. The summed E-state index contributed by atoms with van der Waals surface area (Å²) in [6, 6.07) is 2.20. The Balaban J connectivity index is 1.85. The van der Waals surface area contributed by atoms with Gasteiger partial charge in [0.05, 0.1) is 5.92 Å². The van der Waals surface area contributed by atoms with Crippen molar-refractivity contribution in [1.29, 1.82) is 5.26 Å². The number of ether oxygens (including phenoxy) is 1. The zero-order valence-electron chi connectivity index (χ0n) is 13.1. The molecule has 2 aliphatic carbocycles. The third-order valence-electron chi connectivity index (χ3n) is 4.22. The quantitative estimate of drug-likeness (QED) is 0.540. The number of hydrogen-bond donors (Lipinski definition) is 0. The number of nitrogens with zero attached hydrogens (tertiary/aromatic N) is 1. The predicted octanol–water partition coefficient (Wildman–Crippen LogP) is 4.30. The maximum Gasteiger partial charge on any atom is 0.310 e. The van der Waals surface area contributed by atoms with E-state index >= 15 is 0 Å². The van der Waals surface area contributed by atoms with Crippen molar-refractivity contribution in [1.82, 2.24) is 0 Å². The smallest absolute Gasteiger partial charge is 0.310 e. The molecule has 21 heavy (non-hydrogen) atoms. The Morgan fingerprint density at radius 2 is 2.24 bits per heavy atom. The summed E-state index contributed by atoms with van der Waals surface area (Å²) < 4.78 is 5.41. The molecule has 114 valence electrons. The molecule has 0 aromatic rings. The van der Waals surface area contributed by atoms with E-state index in [-0.39, 0.29) is 17.8 Å². The average Bonchev–Trinajstić information content (AvgIpc) is 3.29. The van der Waals surface area contributed by atoms with E-state index in [2.05, 4.69) is 32.1 Å². The molecule has 3 heteroatoms. The van der Waals surface area contributed by atoms with E-state index in [9.17, 15) is 10.1 Å².